The van der Waals surface area contributed by atoms with E-state index in [1.165, 1.54) is 26.8 Å². The third-order valence-corrected chi connectivity index (χ3v) is 13.1. The zero-order valence-electron chi connectivity index (χ0n) is 19.7. The highest BCUT2D eigenvalue weighted by Crippen LogP contribution is 2.61. The predicted octanol–water partition coefficient (Wildman–Crippen LogP) is 9.70. The van der Waals surface area contributed by atoms with Crippen molar-refractivity contribution in [1.82, 2.24) is 0 Å². The zero-order valence-corrected chi connectivity index (χ0v) is 24.6. The van der Waals surface area contributed by atoms with Gasteiger partial charge in [0.05, 0.1) is 29.0 Å². The Morgan fingerprint density at radius 1 is 0.771 bits per heavy atom. The maximum atomic E-state index is 11.3. The summed E-state index contributed by atoms with van der Waals surface area (Å²) in [6.07, 6.45) is 4.21. The predicted molar refractivity (Wildman–Crippen MR) is 163 cm³/mol. The van der Waals surface area contributed by atoms with Crippen molar-refractivity contribution >= 4 is 87.4 Å². The number of methoxy groups -OCH3 is 1. The number of ether oxygens (including phenoxy) is 1. The van der Waals surface area contributed by atoms with Gasteiger partial charge < -0.3 is 4.74 Å². The summed E-state index contributed by atoms with van der Waals surface area (Å²) in [6.45, 7) is 4.32. The summed E-state index contributed by atoms with van der Waals surface area (Å²) < 4.78 is 10.4. The number of rotatable bonds is 7. The number of hydrogen-bond donors (Lipinski definition) is 0. The van der Waals surface area contributed by atoms with Gasteiger partial charge in [0.25, 0.3) is 5.69 Å². The summed E-state index contributed by atoms with van der Waals surface area (Å²) in [4.78, 5) is 13.6. The van der Waals surface area contributed by atoms with E-state index in [1.807, 2.05) is 24.3 Å². The molecule has 0 aliphatic carbocycles. The lowest BCUT2D eigenvalue weighted by Gasteiger charge is -2.19. The second kappa shape index (κ2) is 11.8. The van der Waals surface area contributed by atoms with Crippen molar-refractivity contribution in [3.05, 3.63) is 96.5 Å². The van der Waals surface area contributed by atoms with Gasteiger partial charge >= 0.3 is 0 Å². The molecular weight excluding hydrogens is 555 g/mol. The number of nitrogens with zero attached hydrogens (tertiary/aromatic N) is 1. The van der Waals surface area contributed by atoms with Gasteiger partial charge in [0.2, 0.25) is 0 Å². The molecule has 2 aromatic rings. The highest BCUT2D eigenvalue weighted by Gasteiger charge is 2.29. The van der Waals surface area contributed by atoms with E-state index in [9.17, 15) is 10.1 Å². The van der Waals surface area contributed by atoms with E-state index in [2.05, 4.69) is 38.5 Å². The Morgan fingerprint density at radius 3 is 1.54 bits per heavy atom. The number of thioether (sulfide) groups is 6. The van der Waals surface area contributed by atoms with Crippen molar-refractivity contribution in [3.8, 4) is 5.75 Å². The van der Waals surface area contributed by atoms with E-state index in [4.69, 9.17) is 4.74 Å². The second-order valence-corrected chi connectivity index (χ2v) is 14.5. The molecule has 0 saturated carbocycles. The molecule has 0 atom stereocenters. The minimum absolute atomic E-state index is 0.0920. The Balaban J connectivity index is 1.96. The third kappa shape index (κ3) is 5.83. The molecule has 0 N–H and O–H groups in total. The SMILES string of the molecule is COc1ccc(C(=C2\SC(C)=C(SC)S2)/C(=C2\SC(C)=C(SC)S2)c2ccc([N+](=O)[O-])cc2)cc1. The van der Waals surface area contributed by atoms with E-state index < -0.39 is 0 Å². The molecule has 10 heteroatoms. The van der Waals surface area contributed by atoms with Crippen LogP contribution in [0.1, 0.15) is 25.0 Å². The number of hydrogen-bond acceptors (Lipinski definition) is 9. The lowest BCUT2D eigenvalue weighted by atomic mass is 9.94. The molecule has 0 saturated heterocycles. The fraction of sp³-hybridized carbons (Fsp3) is 0.200. The molecular formula is C25H23NO3S6. The second-order valence-electron chi connectivity index (χ2n) is 7.36. The normalized spacial score (nSPS) is 18.9. The average molecular weight is 578 g/mol. The molecule has 0 amide bonds. The van der Waals surface area contributed by atoms with Gasteiger partial charge in [-0.05, 0) is 61.8 Å². The fourth-order valence-corrected chi connectivity index (χ4v) is 11.1. The molecule has 2 aliphatic rings. The molecule has 4 rings (SSSR count). The van der Waals surface area contributed by atoms with Crippen molar-refractivity contribution in [2.24, 2.45) is 0 Å². The van der Waals surface area contributed by atoms with Crippen LogP contribution >= 0.6 is 70.6 Å². The molecule has 35 heavy (non-hydrogen) atoms. The largest absolute Gasteiger partial charge is 0.497 e. The monoisotopic (exact) mass is 577 g/mol. The van der Waals surface area contributed by atoms with Gasteiger partial charge in [-0.15, -0.1) is 23.5 Å². The number of nitro groups is 1. The Bertz CT molecular complexity index is 1280. The Hall–Kier alpha value is -1.30. The summed E-state index contributed by atoms with van der Waals surface area (Å²) in [7, 11) is 1.67. The van der Waals surface area contributed by atoms with Crippen LogP contribution in [0, 0.1) is 10.1 Å². The van der Waals surface area contributed by atoms with Crippen LogP contribution in [0.15, 0.2) is 75.3 Å². The molecule has 182 valence electrons. The van der Waals surface area contributed by atoms with Crippen LogP contribution in [0.2, 0.25) is 0 Å². The summed E-state index contributed by atoms with van der Waals surface area (Å²) >= 11 is 10.7. The van der Waals surface area contributed by atoms with Crippen molar-refractivity contribution < 1.29 is 9.66 Å². The molecule has 2 aliphatic heterocycles. The average Bonchev–Trinajstić information content (AvgIpc) is 3.43. The zero-order chi connectivity index (χ0) is 25.1. The first-order valence-corrected chi connectivity index (χ1v) is 16.2. The lowest BCUT2D eigenvalue weighted by Crippen LogP contribution is -1.96. The van der Waals surface area contributed by atoms with Gasteiger partial charge in [0.1, 0.15) is 5.75 Å². The van der Waals surface area contributed by atoms with Crippen LogP contribution in [0.4, 0.5) is 5.69 Å². The molecule has 0 fully saturated rings. The summed E-state index contributed by atoms with van der Waals surface area (Å²) in [5.41, 5.74) is 4.40. The van der Waals surface area contributed by atoms with E-state index in [-0.39, 0.29) is 10.6 Å². The van der Waals surface area contributed by atoms with Crippen LogP contribution in [0.5, 0.6) is 5.75 Å². The topological polar surface area (TPSA) is 52.4 Å². The number of allylic oxidation sites excluding steroid dienone is 4. The summed E-state index contributed by atoms with van der Waals surface area (Å²) in [6, 6.07) is 15.1. The minimum atomic E-state index is -0.350. The fourth-order valence-electron chi connectivity index (χ4n) is 3.53. The highest BCUT2D eigenvalue weighted by atomic mass is 32.2. The van der Waals surface area contributed by atoms with Crippen molar-refractivity contribution in [1.29, 1.82) is 0 Å². The molecule has 0 unspecified atom stereocenters. The van der Waals surface area contributed by atoms with E-state index >= 15 is 0 Å². The van der Waals surface area contributed by atoms with E-state index in [0.717, 1.165) is 28.0 Å². The highest BCUT2D eigenvalue weighted by molar-refractivity contribution is 8.36. The number of non-ortho nitro benzene ring substituents is 1. The Labute approximate surface area is 231 Å². The molecule has 2 aromatic carbocycles. The van der Waals surface area contributed by atoms with Gasteiger partial charge in [-0.1, -0.05) is 59.2 Å². The van der Waals surface area contributed by atoms with Crippen LogP contribution in [0.3, 0.4) is 0 Å². The molecule has 0 spiro atoms. The molecule has 2 heterocycles. The summed E-state index contributed by atoms with van der Waals surface area (Å²) in [5.74, 6) is 0.806. The maximum Gasteiger partial charge on any atom is 0.269 e. The van der Waals surface area contributed by atoms with Crippen LogP contribution < -0.4 is 4.74 Å². The molecule has 0 bridgehead atoms. The van der Waals surface area contributed by atoms with Crippen molar-refractivity contribution in [2.75, 3.05) is 19.6 Å². The van der Waals surface area contributed by atoms with Crippen LogP contribution in [-0.4, -0.2) is 24.5 Å². The first-order valence-electron chi connectivity index (χ1n) is 10.5. The molecule has 0 aromatic heterocycles. The lowest BCUT2D eigenvalue weighted by molar-refractivity contribution is -0.384. The van der Waals surface area contributed by atoms with Crippen molar-refractivity contribution in [3.63, 3.8) is 0 Å². The van der Waals surface area contributed by atoms with E-state index in [1.54, 1.807) is 89.8 Å². The number of nitro benzene ring substituents is 1. The van der Waals surface area contributed by atoms with Crippen molar-refractivity contribution in [2.45, 2.75) is 13.8 Å². The van der Waals surface area contributed by atoms with Crippen LogP contribution in [0.25, 0.3) is 11.1 Å². The smallest absolute Gasteiger partial charge is 0.269 e. The Morgan fingerprint density at radius 2 is 1.20 bits per heavy atom. The first-order chi connectivity index (χ1) is 16.9. The minimum Gasteiger partial charge on any atom is -0.497 e. The summed E-state index contributed by atoms with van der Waals surface area (Å²) in [5, 5.41) is 11.3. The van der Waals surface area contributed by atoms with Gasteiger partial charge in [-0.2, -0.15) is 0 Å². The first kappa shape index (κ1) is 26.8. The quantitative estimate of drug-likeness (QED) is 0.236. The van der Waals surface area contributed by atoms with E-state index in [0.29, 0.717) is 0 Å². The standard InChI is InChI=1S/C25H23NO3S6/c1-14-22(30-4)34-24(32-14)20(16-6-10-18(11-7-16)26(27)28)21(17-8-12-19(29-3)13-9-17)25-33-15(2)23(31-5)35-25/h6-13H,1-5H3/b24-20+,25-21-. The maximum absolute atomic E-state index is 11.3. The van der Waals surface area contributed by atoms with Gasteiger partial charge in [0, 0.05) is 33.1 Å². The third-order valence-electron chi connectivity index (χ3n) is 5.21. The van der Waals surface area contributed by atoms with Crippen LogP contribution in [-0.2, 0) is 0 Å². The van der Waals surface area contributed by atoms with Gasteiger partial charge in [-0.25, -0.2) is 0 Å². The van der Waals surface area contributed by atoms with Gasteiger partial charge in [-0.3, -0.25) is 10.1 Å². The number of benzene rings is 2. The van der Waals surface area contributed by atoms with Gasteiger partial charge in [0.15, 0.2) is 0 Å². The Kier molecular flexibility index (Phi) is 9.04. The molecule has 0 radical (unpaired) electrons. The molecule has 4 nitrogen and oxygen atoms in total.